The van der Waals surface area contributed by atoms with Gasteiger partial charge in [0.1, 0.15) is 0 Å². The average Bonchev–Trinajstić information content (AvgIpc) is 3.25. The molecule has 0 amide bonds. The highest BCUT2D eigenvalue weighted by Crippen LogP contribution is 2.47. The van der Waals surface area contributed by atoms with Crippen molar-refractivity contribution in [2.75, 3.05) is 0 Å². The van der Waals surface area contributed by atoms with Crippen molar-refractivity contribution in [2.45, 2.75) is 31.1 Å². The summed E-state index contributed by atoms with van der Waals surface area (Å²) in [7, 11) is 0. The molecule has 2 aromatic heterocycles. The van der Waals surface area contributed by atoms with Crippen molar-refractivity contribution < 1.29 is 8.78 Å². The first-order chi connectivity index (χ1) is 11.4. The van der Waals surface area contributed by atoms with Crippen molar-refractivity contribution in [1.29, 1.82) is 5.26 Å². The topological polar surface area (TPSA) is 54.0 Å². The summed E-state index contributed by atoms with van der Waals surface area (Å²) in [6.45, 7) is 0.837. The Kier molecular flexibility index (Phi) is 2.98. The Balaban J connectivity index is 1.75. The molecule has 0 atom stereocenters. The van der Waals surface area contributed by atoms with Crippen LogP contribution in [0.2, 0.25) is 0 Å². The summed E-state index contributed by atoms with van der Waals surface area (Å²) in [6.07, 6.45) is 4.55. The predicted molar refractivity (Wildman–Crippen MR) is 84.5 cm³/mol. The molecule has 1 aliphatic rings. The normalized spacial score (nSPS) is 16.1. The molecule has 1 saturated carbocycles. The number of alkyl halides is 2. The van der Waals surface area contributed by atoms with E-state index < -0.39 is 5.92 Å². The lowest BCUT2D eigenvalue weighted by Gasteiger charge is -2.09. The van der Waals surface area contributed by atoms with Gasteiger partial charge >= 0.3 is 0 Å². The number of aromatic nitrogens is 3. The van der Waals surface area contributed by atoms with Crippen LogP contribution >= 0.6 is 0 Å². The second-order valence-electron chi connectivity index (χ2n) is 6.30. The molecule has 1 fully saturated rings. The van der Waals surface area contributed by atoms with Crippen LogP contribution in [0.3, 0.4) is 0 Å². The summed E-state index contributed by atoms with van der Waals surface area (Å²) in [6, 6.07) is 11.7. The molecule has 1 aromatic carbocycles. The average molecular weight is 324 g/mol. The standard InChI is InChI=1S/C18H14F2N4/c1-17(19,20)14-10-22-24-9-6-15(23-16(14)24)12-2-4-13(5-3-12)18(11-21)7-8-18/h2-6,9-10H,7-8H2,1H3. The fourth-order valence-electron chi connectivity index (χ4n) is 2.89. The number of fused-ring (bicyclic) bond motifs is 1. The fraction of sp³-hybridized carbons (Fsp3) is 0.278. The van der Waals surface area contributed by atoms with Crippen molar-refractivity contribution in [3.05, 3.63) is 53.9 Å². The number of halogens is 2. The van der Waals surface area contributed by atoms with Crippen molar-refractivity contribution in [2.24, 2.45) is 0 Å². The summed E-state index contributed by atoms with van der Waals surface area (Å²) in [5, 5.41) is 13.2. The molecular weight excluding hydrogens is 310 g/mol. The van der Waals surface area contributed by atoms with Crippen molar-refractivity contribution in [1.82, 2.24) is 14.6 Å². The third kappa shape index (κ3) is 2.24. The minimum absolute atomic E-state index is 0.153. The van der Waals surface area contributed by atoms with E-state index in [4.69, 9.17) is 0 Å². The van der Waals surface area contributed by atoms with Gasteiger partial charge in [0, 0.05) is 18.7 Å². The predicted octanol–water partition coefficient (Wildman–Crippen LogP) is 4.06. The molecule has 2 heterocycles. The summed E-state index contributed by atoms with van der Waals surface area (Å²) in [5.74, 6) is -3.00. The van der Waals surface area contributed by atoms with Crippen LogP contribution in [-0.4, -0.2) is 14.6 Å². The van der Waals surface area contributed by atoms with Crippen LogP contribution in [-0.2, 0) is 11.3 Å². The lowest BCUT2D eigenvalue weighted by molar-refractivity contribution is 0.0188. The Labute approximate surface area is 137 Å². The molecule has 0 saturated heterocycles. The Morgan fingerprint density at radius 3 is 2.50 bits per heavy atom. The van der Waals surface area contributed by atoms with E-state index in [1.54, 1.807) is 12.3 Å². The highest BCUT2D eigenvalue weighted by molar-refractivity contribution is 5.64. The molecule has 0 bridgehead atoms. The van der Waals surface area contributed by atoms with Gasteiger partial charge in [-0.1, -0.05) is 24.3 Å². The molecule has 0 N–H and O–H groups in total. The van der Waals surface area contributed by atoms with E-state index in [-0.39, 0.29) is 16.6 Å². The smallest absolute Gasteiger partial charge is 0.228 e. The Morgan fingerprint density at radius 2 is 1.92 bits per heavy atom. The lowest BCUT2D eigenvalue weighted by Crippen LogP contribution is -2.07. The third-order valence-corrected chi connectivity index (χ3v) is 4.54. The number of hydrogen-bond acceptors (Lipinski definition) is 3. The quantitative estimate of drug-likeness (QED) is 0.730. The van der Waals surface area contributed by atoms with Crippen LogP contribution in [0.1, 0.15) is 30.9 Å². The van der Waals surface area contributed by atoms with Gasteiger partial charge in [-0.2, -0.15) is 10.4 Å². The van der Waals surface area contributed by atoms with Crippen LogP contribution in [0.15, 0.2) is 42.7 Å². The Morgan fingerprint density at radius 1 is 1.21 bits per heavy atom. The summed E-state index contributed by atoms with van der Waals surface area (Å²) >= 11 is 0. The molecule has 6 heteroatoms. The SMILES string of the molecule is CC(F)(F)c1cnn2ccc(-c3ccc(C4(C#N)CC4)cc3)nc12. The maximum Gasteiger partial charge on any atom is 0.275 e. The zero-order valence-corrected chi connectivity index (χ0v) is 13.0. The van der Waals surface area contributed by atoms with Crippen molar-refractivity contribution in [3.8, 4) is 17.3 Å². The number of rotatable bonds is 3. The van der Waals surface area contributed by atoms with Crippen molar-refractivity contribution >= 4 is 5.65 Å². The maximum atomic E-state index is 13.7. The van der Waals surface area contributed by atoms with Gasteiger partial charge in [-0.25, -0.2) is 18.3 Å². The largest absolute Gasteiger partial charge is 0.275 e. The van der Waals surface area contributed by atoms with E-state index in [0.717, 1.165) is 37.1 Å². The molecule has 4 rings (SSSR count). The third-order valence-electron chi connectivity index (χ3n) is 4.54. The van der Waals surface area contributed by atoms with Crippen LogP contribution in [0.4, 0.5) is 8.78 Å². The molecule has 0 radical (unpaired) electrons. The van der Waals surface area contributed by atoms with Gasteiger partial charge in [0.15, 0.2) is 5.65 Å². The van der Waals surface area contributed by atoms with E-state index in [2.05, 4.69) is 16.2 Å². The Hall–Kier alpha value is -2.81. The first kappa shape index (κ1) is 14.8. The van der Waals surface area contributed by atoms with Crippen LogP contribution < -0.4 is 0 Å². The minimum Gasteiger partial charge on any atom is -0.228 e. The van der Waals surface area contributed by atoms with Crippen LogP contribution in [0, 0.1) is 11.3 Å². The maximum absolute atomic E-state index is 13.7. The minimum atomic E-state index is -3.00. The molecule has 0 unspecified atom stereocenters. The molecule has 3 aromatic rings. The van der Waals surface area contributed by atoms with Crippen molar-refractivity contribution in [3.63, 3.8) is 0 Å². The van der Waals surface area contributed by atoms with Gasteiger partial charge in [-0.05, 0) is 24.5 Å². The van der Waals surface area contributed by atoms with Gasteiger partial charge in [-0.15, -0.1) is 0 Å². The number of nitriles is 1. The molecule has 120 valence electrons. The first-order valence-electron chi connectivity index (χ1n) is 7.68. The molecule has 24 heavy (non-hydrogen) atoms. The van der Waals surface area contributed by atoms with Gasteiger partial charge in [-0.3, -0.25) is 0 Å². The highest BCUT2D eigenvalue weighted by atomic mass is 19.3. The zero-order chi connectivity index (χ0) is 16.9. The summed E-state index contributed by atoms with van der Waals surface area (Å²) < 4.78 is 28.7. The second kappa shape index (κ2) is 4.84. The van der Waals surface area contributed by atoms with E-state index in [0.29, 0.717) is 5.69 Å². The van der Waals surface area contributed by atoms with Gasteiger partial charge < -0.3 is 0 Å². The van der Waals surface area contributed by atoms with E-state index in [1.807, 2.05) is 24.3 Å². The Bertz CT molecular complexity index is 957. The number of benzene rings is 1. The molecule has 0 aliphatic heterocycles. The van der Waals surface area contributed by atoms with E-state index >= 15 is 0 Å². The van der Waals surface area contributed by atoms with Crippen LogP contribution in [0.25, 0.3) is 16.9 Å². The first-order valence-corrected chi connectivity index (χ1v) is 7.68. The van der Waals surface area contributed by atoms with Gasteiger partial charge in [0.2, 0.25) is 0 Å². The van der Waals surface area contributed by atoms with Gasteiger partial charge in [0.25, 0.3) is 5.92 Å². The number of hydrogen-bond donors (Lipinski definition) is 0. The van der Waals surface area contributed by atoms with Gasteiger partial charge in [0.05, 0.1) is 28.9 Å². The molecule has 1 aliphatic carbocycles. The molecule has 4 nitrogen and oxygen atoms in total. The van der Waals surface area contributed by atoms with Crippen LogP contribution in [0.5, 0.6) is 0 Å². The number of nitrogens with zero attached hydrogens (tertiary/aromatic N) is 4. The zero-order valence-electron chi connectivity index (χ0n) is 13.0. The molecular formula is C18H14F2N4. The summed E-state index contributed by atoms with van der Waals surface area (Å²) in [4.78, 5) is 4.35. The van der Waals surface area contributed by atoms with E-state index in [9.17, 15) is 14.0 Å². The highest BCUT2D eigenvalue weighted by Gasteiger charge is 2.44. The fourth-order valence-corrected chi connectivity index (χ4v) is 2.89. The second-order valence-corrected chi connectivity index (χ2v) is 6.30. The van der Waals surface area contributed by atoms with E-state index in [1.165, 1.54) is 4.52 Å². The monoisotopic (exact) mass is 324 g/mol. The lowest BCUT2D eigenvalue weighted by atomic mass is 9.96. The summed E-state index contributed by atoms with van der Waals surface area (Å²) in [5.41, 5.74) is 2.05. The molecule has 0 spiro atoms.